The monoisotopic (exact) mass is 279 g/mol. The first-order valence-electron chi connectivity index (χ1n) is 6.19. The van der Waals surface area contributed by atoms with Gasteiger partial charge < -0.3 is 10.1 Å². The molecule has 0 radical (unpaired) electrons. The van der Waals surface area contributed by atoms with Crippen molar-refractivity contribution in [1.29, 1.82) is 5.26 Å². The maximum atomic E-state index is 13.6. The molecule has 6 heteroatoms. The number of benzene rings is 1. The van der Waals surface area contributed by atoms with Crippen molar-refractivity contribution in [2.24, 2.45) is 0 Å². The normalized spacial score (nSPS) is 10.3. The van der Waals surface area contributed by atoms with Crippen LogP contribution in [0.4, 0.5) is 4.39 Å². The number of nitrogens with one attached hydrogen (secondary N) is 1. The van der Waals surface area contributed by atoms with Crippen LogP contribution in [0.2, 0.25) is 0 Å². The van der Waals surface area contributed by atoms with Crippen LogP contribution in [-0.4, -0.2) is 44.7 Å². The summed E-state index contributed by atoms with van der Waals surface area (Å²) < 4.78 is 18.4. The minimum atomic E-state index is -0.379. The number of methoxy groups -OCH3 is 1. The summed E-state index contributed by atoms with van der Waals surface area (Å²) in [5.41, 5.74) is 0.801. The Hall–Kier alpha value is -1.97. The van der Waals surface area contributed by atoms with Crippen LogP contribution in [0, 0.1) is 17.1 Å². The molecule has 0 aliphatic carbocycles. The molecule has 5 nitrogen and oxygen atoms in total. The molecule has 1 amide bonds. The van der Waals surface area contributed by atoms with E-state index >= 15 is 0 Å². The van der Waals surface area contributed by atoms with Crippen molar-refractivity contribution in [1.82, 2.24) is 10.2 Å². The van der Waals surface area contributed by atoms with Gasteiger partial charge in [0.05, 0.1) is 24.8 Å². The first kappa shape index (κ1) is 16.1. The van der Waals surface area contributed by atoms with Gasteiger partial charge in [0.2, 0.25) is 5.91 Å². The lowest BCUT2D eigenvalue weighted by Gasteiger charge is -2.16. The largest absolute Gasteiger partial charge is 0.383 e. The lowest BCUT2D eigenvalue weighted by Crippen LogP contribution is -2.36. The van der Waals surface area contributed by atoms with E-state index in [-0.39, 0.29) is 24.8 Å². The highest BCUT2D eigenvalue weighted by atomic mass is 19.1. The van der Waals surface area contributed by atoms with Crippen LogP contribution in [0.25, 0.3) is 0 Å². The molecule has 108 valence electrons. The smallest absolute Gasteiger partial charge is 0.234 e. The molecule has 1 aromatic rings. The number of carbonyl (C=O) groups excluding carboxylic acids is 1. The van der Waals surface area contributed by atoms with Gasteiger partial charge in [-0.25, -0.2) is 4.39 Å². The molecule has 0 saturated carbocycles. The number of likely N-dealkylation sites (N-methyl/N-ethyl adjacent to an activating group) is 1. The summed E-state index contributed by atoms with van der Waals surface area (Å²) in [6.07, 6.45) is 0. The Kier molecular flexibility index (Phi) is 6.64. The maximum absolute atomic E-state index is 13.6. The SMILES string of the molecule is COCCNC(=O)CN(C)Cc1cc(C#N)ccc1F. The van der Waals surface area contributed by atoms with Crippen LogP contribution in [-0.2, 0) is 16.1 Å². The molecule has 0 unspecified atom stereocenters. The van der Waals surface area contributed by atoms with Crippen LogP contribution in [0.5, 0.6) is 0 Å². The number of rotatable bonds is 7. The number of ether oxygens (including phenoxy) is 1. The summed E-state index contributed by atoms with van der Waals surface area (Å²) in [7, 11) is 3.28. The number of hydrogen-bond acceptors (Lipinski definition) is 4. The van der Waals surface area contributed by atoms with E-state index in [1.54, 1.807) is 19.1 Å². The van der Waals surface area contributed by atoms with Crippen molar-refractivity contribution in [3.63, 3.8) is 0 Å². The Labute approximate surface area is 117 Å². The lowest BCUT2D eigenvalue weighted by atomic mass is 10.1. The maximum Gasteiger partial charge on any atom is 0.234 e. The zero-order valence-electron chi connectivity index (χ0n) is 11.6. The molecule has 0 saturated heterocycles. The van der Waals surface area contributed by atoms with E-state index in [0.717, 1.165) is 0 Å². The predicted octanol–water partition coefficient (Wildman–Crippen LogP) is 0.892. The van der Waals surface area contributed by atoms with E-state index < -0.39 is 0 Å². The Morgan fingerprint density at radius 3 is 2.95 bits per heavy atom. The third kappa shape index (κ3) is 5.34. The van der Waals surface area contributed by atoms with Crippen LogP contribution < -0.4 is 5.32 Å². The third-order valence-corrected chi connectivity index (χ3v) is 2.66. The number of nitriles is 1. The summed E-state index contributed by atoms with van der Waals surface area (Å²) in [5.74, 6) is -0.531. The highest BCUT2D eigenvalue weighted by Gasteiger charge is 2.10. The van der Waals surface area contributed by atoms with Gasteiger partial charge in [-0.1, -0.05) is 0 Å². The number of hydrogen-bond donors (Lipinski definition) is 1. The Balaban J connectivity index is 2.52. The van der Waals surface area contributed by atoms with Crippen LogP contribution in [0.1, 0.15) is 11.1 Å². The molecule has 0 heterocycles. The molecule has 20 heavy (non-hydrogen) atoms. The molecule has 0 aliphatic rings. The number of amides is 1. The minimum absolute atomic E-state index is 0.151. The molecule has 0 aromatic heterocycles. The molecule has 0 spiro atoms. The van der Waals surface area contributed by atoms with Crippen LogP contribution in [0.15, 0.2) is 18.2 Å². The number of carbonyl (C=O) groups is 1. The van der Waals surface area contributed by atoms with E-state index in [0.29, 0.717) is 24.3 Å². The first-order chi connectivity index (χ1) is 9.56. The van der Waals surface area contributed by atoms with Crippen molar-refractivity contribution in [2.75, 3.05) is 33.9 Å². The molecule has 0 fully saturated rings. The average Bonchev–Trinajstić information content (AvgIpc) is 2.41. The molecular weight excluding hydrogens is 261 g/mol. The number of halogens is 1. The van der Waals surface area contributed by atoms with Gasteiger partial charge in [0.25, 0.3) is 0 Å². The molecule has 0 bridgehead atoms. The second kappa shape index (κ2) is 8.25. The van der Waals surface area contributed by atoms with E-state index in [1.807, 2.05) is 6.07 Å². The predicted molar refractivity (Wildman–Crippen MR) is 72.3 cm³/mol. The first-order valence-corrected chi connectivity index (χ1v) is 6.19. The van der Waals surface area contributed by atoms with E-state index in [4.69, 9.17) is 10.00 Å². The summed E-state index contributed by atoms with van der Waals surface area (Å²) in [6, 6.07) is 6.15. The zero-order valence-corrected chi connectivity index (χ0v) is 11.6. The fourth-order valence-corrected chi connectivity index (χ4v) is 1.71. The zero-order chi connectivity index (χ0) is 15.0. The second-order valence-corrected chi connectivity index (χ2v) is 4.43. The Morgan fingerprint density at radius 2 is 2.30 bits per heavy atom. The van der Waals surface area contributed by atoms with Gasteiger partial charge in [-0.05, 0) is 25.2 Å². The van der Waals surface area contributed by atoms with Crippen molar-refractivity contribution < 1.29 is 13.9 Å². The van der Waals surface area contributed by atoms with Gasteiger partial charge in [0.15, 0.2) is 0 Å². The second-order valence-electron chi connectivity index (χ2n) is 4.43. The van der Waals surface area contributed by atoms with E-state index in [2.05, 4.69) is 5.32 Å². The topological polar surface area (TPSA) is 65.4 Å². The van der Waals surface area contributed by atoms with Gasteiger partial charge in [-0.2, -0.15) is 5.26 Å². The van der Waals surface area contributed by atoms with E-state index in [9.17, 15) is 9.18 Å². The van der Waals surface area contributed by atoms with Crippen molar-refractivity contribution >= 4 is 5.91 Å². The highest BCUT2D eigenvalue weighted by molar-refractivity contribution is 5.77. The standard InChI is InChI=1S/C14H18FN3O2/c1-18(10-14(19)17-5-6-20-2)9-12-7-11(8-16)3-4-13(12)15/h3-4,7H,5-6,9-10H2,1-2H3,(H,17,19). The van der Waals surface area contributed by atoms with Crippen molar-refractivity contribution in [2.45, 2.75) is 6.54 Å². The van der Waals surface area contributed by atoms with Crippen LogP contribution in [0.3, 0.4) is 0 Å². The summed E-state index contributed by atoms with van der Waals surface area (Å²) in [4.78, 5) is 13.3. The molecule has 0 atom stereocenters. The minimum Gasteiger partial charge on any atom is -0.383 e. The quantitative estimate of drug-likeness (QED) is 0.753. The van der Waals surface area contributed by atoms with Gasteiger partial charge in [-0.15, -0.1) is 0 Å². The molecule has 1 N–H and O–H groups in total. The Morgan fingerprint density at radius 1 is 1.55 bits per heavy atom. The Bertz CT molecular complexity index is 500. The number of nitrogens with zero attached hydrogens (tertiary/aromatic N) is 2. The lowest BCUT2D eigenvalue weighted by molar-refractivity contribution is -0.122. The fourth-order valence-electron chi connectivity index (χ4n) is 1.71. The summed E-state index contributed by atoms with van der Waals surface area (Å²) in [6.45, 7) is 1.31. The van der Waals surface area contributed by atoms with Crippen LogP contribution >= 0.6 is 0 Å². The highest BCUT2D eigenvalue weighted by Crippen LogP contribution is 2.11. The average molecular weight is 279 g/mol. The van der Waals surface area contributed by atoms with Crippen molar-refractivity contribution in [3.05, 3.63) is 35.1 Å². The van der Waals surface area contributed by atoms with E-state index in [1.165, 1.54) is 18.2 Å². The fraction of sp³-hybridized carbons (Fsp3) is 0.429. The summed E-state index contributed by atoms with van der Waals surface area (Å²) >= 11 is 0. The summed E-state index contributed by atoms with van der Waals surface area (Å²) in [5, 5.41) is 11.5. The van der Waals surface area contributed by atoms with Gasteiger partial charge in [0.1, 0.15) is 5.82 Å². The van der Waals surface area contributed by atoms with Gasteiger partial charge in [-0.3, -0.25) is 9.69 Å². The molecular formula is C14H18FN3O2. The van der Waals surface area contributed by atoms with Gasteiger partial charge in [0, 0.05) is 25.8 Å². The van der Waals surface area contributed by atoms with Gasteiger partial charge >= 0.3 is 0 Å². The molecule has 1 aromatic carbocycles. The molecule has 1 rings (SSSR count). The molecule has 0 aliphatic heterocycles. The van der Waals surface area contributed by atoms with Crippen molar-refractivity contribution in [3.8, 4) is 6.07 Å². The third-order valence-electron chi connectivity index (χ3n) is 2.66.